The zero-order valence-electron chi connectivity index (χ0n) is 12.8. The maximum atomic E-state index is 12.2. The molecule has 21 heavy (non-hydrogen) atoms. The van der Waals surface area contributed by atoms with Gasteiger partial charge in [-0.05, 0) is 12.8 Å². The Balaban J connectivity index is 2.51. The van der Waals surface area contributed by atoms with Crippen molar-refractivity contribution in [1.82, 2.24) is 4.98 Å². The van der Waals surface area contributed by atoms with Crippen LogP contribution in [0.3, 0.4) is 0 Å². The van der Waals surface area contributed by atoms with E-state index in [2.05, 4.69) is 4.98 Å². The van der Waals surface area contributed by atoms with Crippen LogP contribution in [0.15, 0.2) is 4.42 Å². The van der Waals surface area contributed by atoms with Crippen LogP contribution in [0, 0.1) is 0 Å². The molecule has 0 aliphatic carbocycles. The Morgan fingerprint density at radius 2 is 2.00 bits per heavy atom. The van der Waals surface area contributed by atoms with Crippen LogP contribution in [-0.4, -0.2) is 32.2 Å². The van der Waals surface area contributed by atoms with Crippen LogP contribution in [0.1, 0.15) is 67.4 Å². The van der Waals surface area contributed by atoms with E-state index < -0.39 is 26.5 Å². The number of nitrogens with zero attached hydrogens (tertiary/aromatic N) is 1. The Labute approximate surface area is 124 Å². The van der Waals surface area contributed by atoms with Crippen molar-refractivity contribution in [2.45, 2.75) is 50.7 Å². The molecule has 1 saturated heterocycles. The molecule has 7 heteroatoms. The summed E-state index contributed by atoms with van der Waals surface area (Å²) < 4.78 is 34.6. The third kappa shape index (κ3) is 3.12. The number of methoxy groups -OCH3 is 1. The van der Waals surface area contributed by atoms with Crippen molar-refractivity contribution in [1.29, 1.82) is 0 Å². The molecule has 1 aliphatic rings. The normalized spacial score (nSPS) is 22.0. The van der Waals surface area contributed by atoms with Crippen molar-refractivity contribution in [2.75, 3.05) is 12.9 Å². The fourth-order valence-corrected chi connectivity index (χ4v) is 4.27. The highest BCUT2D eigenvalue weighted by molar-refractivity contribution is 7.91. The number of ether oxygens (including phenoxy) is 1. The number of oxazole rings is 1. The molecule has 0 spiro atoms. The van der Waals surface area contributed by atoms with Crippen LogP contribution in [0.2, 0.25) is 0 Å². The lowest BCUT2D eigenvalue weighted by atomic mass is 9.91. The Kier molecular flexibility index (Phi) is 4.15. The molecule has 0 amide bonds. The van der Waals surface area contributed by atoms with Gasteiger partial charge in [-0.1, -0.05) is 27.2 Å². The van der Waals surface area contributed by atoms with Gasteiger partial charge < -0.3 is 9.15 Å². The molecule has 118 valence electrons. The molecule has 1 atom stereocenters. The quantitative estimate of drug-likeness (QED) is 0.779. The molecule has 1 unspecified atom stereocenters. The van der Waals surface area contributed by atoms with Gasteiger partial charge in [0.15, 0.2) is 9.84 Å². The molecule has 1 aromatic rings. The number of hydrogen-bond donors (Lipinski definition) is 0. The zero-order chi connectivity index (χ0) is 15.8. The van der Waals surface area contributed by atoms with Crippen LogP contribution in [0.25, 0.3) is 0 Å². The molecule has 2 heterocycles. The topological polar surface area (TPSA) is 86.5 Å². The van der Waals surface area contributed by atoms with E-state index in [1.165, 1.54) is 7.11 Å². The number of sulfone groups is 1. The highest BCUT2D eigenvalue weighted by Crippen LogP contribution is 2.36. The molecular formula is C14H21NO5S. The van der Waals surface area contributed by atoms with E-state index in [1.54, 1.807) is 0 Å². The Hall–Kier alpha value is -1.37. The number of carbonyl (C=O) groups is 1. The van der Waals surface area contributed by atoms with Crippen molar-refractivity contribution in [2.24, 2.45) is 0 Å². The first-order valence-electron chi connectivity index (χ1n) is 6.98. The van der Waals surface area contributed by atoms with Crippen LogP contribution < -0.4 is 0 Å². The first-order valence-corrected chi connectivity index (χ1v) is 8.69. The van der Waals surface area contributed by atoms with Crippen LogP contribution in [-0.2, 0) is 20.0 Å². The van der Waals surface area contributed by atoms with Crippen molar-refractivity contribution >= 4 is 15.8 Å². The largest absolute Gasteiger partial charge is 0.463 e. The molecule has 0 aromatic carbocycles. The highest BCUT2D eigenvalue weighted by atomic mass is 32.2. The first kappa shape index (κ1) is 16.0. The summed E-state index contributed by atoms with van der Waals surface area (Å²) in [5.41, 5.74) is -0.00547. The Bertz CT molecular complexity index is 639. The third-order valence-electron chi connectivity index (χ3n) is 3.58. The molecule has 6 nitrogen and oxygen atoms in total. The van der Waals surface area contributed by atoms with Crippen molar-refractivity contribution in [3.63, 3.8) is 0 Å². The number of hydrogen-bond acceptors (Lipinski definition) is 6. The second kappa shape index (κ2) is 5.44. The molecule has 2 rings (SSSR count). The third-order valence-corrected chi connectivity index (χ3v) is 5.74. The molecule has 1 aliphatic heterocycles. The van der Waals surface area contributed by atoms with Crippen LogP contribution in [0.5, 0.6) is 0 Å². The minimum absolute atomic E-state index is 0.000716. The van der Waals surface area contributed by atoms with E-state index in [-0.39, 0.29) is 17.4 Å². The van der Waals surface area contributed by atoms with Gasteiger partial charge in [-0.3, -0.25) is 0 Å². The van der Waals surface area contributed by atoms with Crippen molar-refractivity contribution < 1.29 is 22.4 Å². The van der Waals surface area contributed by atoms with Gasteiger partial charge in [0, 0.05) is 5.41 Å². The molecule has 1 fully saturated rings. The van der Waals surface area contributed by atoms with Gasteiger partial charge in [0.25, 0.3) is 0 Å². The molecule has 0 bridgehead atoms. The Morgan fingerprint density at radius 3 is 2.52 bits per heavy atom. The predicted octanol–water partition coefficient (Wildman–Crippen LogP) is 2.40. The van der Waals surface area contributed by atoms with E-state index in [0.717, 1.165) is 6.42 Å². The summed E-state index contributed by atoms with van der Waals surface area (Å²) in [5.74, 6) is -0.383. The van der Waals surface area contributed by atoms with E-state index in [9.17, 15) is 13.2 Å². The minimum atomic E-state index is -3.27. The summed E-state index contributed by atoms with van der Waals surface area (Å²) in [6.07, 6.45) is 1.95. The molecule has 0 saturated carbocycles. The standard InChI is InChI=1S/C14H21NO5S/c1-14(2,3)11-10(13(16)19-4)20-12(15-11)9-7-5-6-8-21(9,17)18/h9H,5-8H2,1-4H3. The Morgan fingerprint density at radius 1 is 1.33 bits per heavy atom. The number of carbonyl (C=O) groups excluding carboxylic acids is 1. The van der Waals surface area contributed by atoms with Gasteiger partial charge in [-0.15, -0.1) is 0 Å². The summed E-state index contributed by atoms with van der Waals surface area (Å²) in [6.45, 7) is 5.66. The predicted molar refractivity (Wildman–Crippen MR) is 76.9 cm³/mol. The highest BCUT2D eigenvalue weighted by Gasteiger charge is 2.38. The molecule has 1 aromatic heterocycles. The average molecular weight is 315 g/mol. The van der Waals surface area contributed by atoms with Gasteiger partial charge in [0.1, 0.15) is 5.25 Å². The van der Waals surface area contributed by atoms with Gasteiger partial charge in [-0.2, -0.15) is 0 Å². The summed E-state index contributed by atoms with van der Waals surface area (Å²) in [7, 11) is -2.01. The second-order valence-corrected chi connectivity index (χ2v) is 8.63. The lowest BCUT2D eigenvalue weighted by Crippen LogP contribution is -2.22. The lowest BCUT2D eigenvalue weighted by Gasteiger charge is -2.19. The zero-order valence-corrected chi connectivity index (χ0v) is 13.6. The van der Waals surface area contributed by atoms with Crippen LogP contribution >= 0.6 is 0 Å². The average Bonchev–Trinajstić information content (AvgIpc) is 2.82. The van der Waals surface area contributed by atoms with Gasteiger partial charge in [0.05, 0.1) is 18.6 Å². The van der Waals surface area contributed by atoms with Gasteiger partial charge >= 0.3 is 5.97 Å². The summed E-state index contributed by atoms with van der Waals surface area (Å²) >= 11 is 0. The fourth-order valence-electron chi connectivity index (χ4n) is 2.45. The SMILES string of the molecule is COC(=O)c1oc(C2CCCCS2(=O)=O)nc1C(C)(C)C. The summed E-state index contributed by atoms with van der Waals surface area (Å²) in [4.78, 5) is 16.2. The number of rotatable bonds is 2. The molecule has 0 N–H and O–H groups in total. The van der Waals surface area contributed by atoms with E-state index in [4.69, 9.17) is 9.15 Å². The minimum Gasteiger partial charge on any atom is -0.463 e. The first-order chi connectivity index (χ1) is 9.66. The monoisotopic (exact) mass is 315 g/mol. The maximum absolute atomic E-state index is 12.2. The summed E-state index contributed by atoms with van der Waals surface area (Å²) in [6, 6.07) is 0. The smallest absolute Gasteiger partial charge is 0.376 e. The number of esters is 1. The second-order valence-electron chi connectivity index (χ2n) is 6.32. The van der Waals surface area contributed by atoms with Gasteiger partial charge in [0.2, 0.25) is 11.7 Å². The summed E-state index contributed by atoms with van der Waals surface area (Å²) in [5, 5.41) is -0.759. The van der Waals surface area contributed by atoms with E-state index in [0.29, 0.717) is 18.5 Å². The van der Waals surface area contributed by atoms with Crippen LogP contribution in [0.4, 0.5) is 0 Å². The van der Waals surface area contributed by atoms with E-state index >= 15 is 0 Å². The molecular weight excluding hydrogens is 294 g/mol. The fraction of sp³-hybridized carbons (Fsp3) is 0.714. The number of aromatic nitrogens is 1. The maximum Gasteiger partial charge on any atom is 0.376 e. The van der Waals surface area contributed by atoms with Crippen molar-refractivity contribution in [3.05, 3.63) is 17.3 Å². The van der Waals surface area contributed by atoms with Gasteiger partial charge in [-0.25, -0.2) is 18.2 Å². The van der Waals surface area contributed by atoms with E-state index in [1.807, 2.05) is 20.8 Å². The molecule has 0 radical (unpaired) electrons. The van der Waals surface area contributed by atoms with Crippen molar-refractivity contribution in [3.8, 4) is 0 Å². The lowest BCUT2D eigenvalue weighted by molar-refractivity contribution is 0.0559.